The fourth-order valence-corrected chi connectivity index (χ4v) is 3.25. The number of rotatable bonds is 6. The van der Waals surface area contributed by atoms with Crippen LogP contribution in [0, 0.1) is 0 Å². The van der Waals surface area contributed by atoms with Gasteiger partial charge in [0, 0.05) is 19.3 Å². The lowest BCUT2D eigenvalue weighted by Crippen LogP contribution is -2.32. The molecule has 0 amide bonds. The lowest BCUT2D eigenvalue weighted by atomic mass is 9.99. The molecular weight excluding hydrogens is 356 g/mol. The third kappa shape index (κ3) is 3.80. The Labute approximate surface area is 163 Å². The first-order valence-corrected chi connectivity index (χ1v) is 9.09. The number of methoxy groups -OCH3 is 2. The first-order chi connectivity index (χ1) is 13.8. The number of hydrogen-bond acceptors (Lipinski definition) is 8. The van der Waals surface area contributed by atoms with Gasteiger partial charge in [-0.05, 0) is 41.8 Å². The number of nitrogens with one attached hydrogen (secondary N) is 1. The molecule has 3 heterocycles. The summed E-state index contributed by atoms with van der Waals surface area (Å²) >= 11 is 0. The predicted octanol–water partition coefficient (Wildman–Crippen LogP) is 2.46. The normalized spacial score (nSPS) is 13.0. The van der Waals surface area contributed by atoms with E-state index in [9.17, 15) is 0 Å². The molecule has 0 aliphatic carbocycles. The summed E-state index contributed by atoms with van der Waals surface area (Å²) in [7, 11) is 3.30. The van der Waals surface area contributed by atoms with Gasteiger partial charge in [0.05, 0.1) is 32.7 Å². The standard InChI is InChI=1S/C20H22N6O2/c1-27-17-9-14-6-8-26(13-15(14)10-18(17)28-2)20-24-19(12-23-25-20)22-11-16-5-3-4-7-21-16/h3-5,7,9-10,12H,6,8,11,13H2,1-2H3,(H,22,24,25). The monoisotopic (exact) mass is 378 g/mol. The van der Waals surface area contributed by atoms with Crippen LogP contribution < -0.4 is 19.7 Å². The van der Waals surface area contributed by atoms with Crippen LogP contribution in [0.1, 0.15) is 16.8 Å². The van der Waals surface area contributed by atoms with E-state index >= 15 is 0 Å². The highest BCUT2D eigenvalue weighted by Gasteiger charge is 2.21. The highest BCUT2D eigenvalue weighted by Crippen LogP contribution is 2.33. The highest BCUT2D eigenvalue weighted by atomic mass is 16.5. The zero-order chi connectivity index (χ0) is 19.3. The summed E-state index contributed by atoms with van der Waals surface area (Å²) in [6.45, 7) is 2.09. The van der Waals surface area contributed by atoms with Crippen LogP contribution in [0.4, 0.5) is 11.8 Å². The lowest BCUT2D eigenvalue weighted by molar-refractivity contribution is 0.353. The van der Waals surface area contributed by atoms with Crippen molar-refractivity contribution < 1.29 is 9.47 Å². The van der Waals surface area contributed by atoms with Crippen LogP contribution in [-0.2, 0) is 19.5 Å². The number of anilines is 2. The summed E-state index contributed by atoms with van der Waals surface area (Å²) in [6.07, 6.45) is 4.28. The molecule has 0 spiro atoms. The number of nitrogens with zero attached hydrogens (tertiary/aromatic N) is 5. The van der Waals surface area contributed by atoms with Crippen LogP contribution in [0.2, 0.25) is 0 Å². The van der Waals surface area contributed by atoms with E-state index in [1.54, 1.807) is 26.6 Å². The van der Waals surface area contributed by atoms with Gasteiger partial charge in [-0.15, -0.1) is 5.10 Å². The average molecular weight is 378 g/mol. The largest absolute Gasteiger partial charge is 0.493 e. The fraction of sp³-hybridized carbons (Fsp3) is 0.300. The van der Waals surface area contributed by atoms with Crippen molar-refractivity contribution >= 4 is 11.8 Å². The van der Waals surface area contributed by atoms with Crippen LogP contribution >= 0.6 is 0 Å². The molecule has 3 aromatic rings. The zero-order valence-corrected chi connectivity index (χ0v) is 15.9. The van der Waals surface area contributed by atoms with Crippen molar-refractivity contribution in [1.29, 1.82) is 0 Å². The van der Waals surface area contributed by atoms with Gasteiger partial charge in [-0.1, -0.05) is 6.07 Å². The van der Waals surface area contributed by atoms with Crippen molar-refractivity contribution in [2.24, 2.45) is 0 Å². The molecule has 1 N–H and O–H groups in total. The zero-order valence-electron chi connectivity index (χ0n) is 15.9. The second-order valence-electron chi connectivity index (χ2n) is 6.46. The average Bonchev–Trinajstić information content (AvgIpc) is 2.77. The van der Waals surface area contributed by atoms with E-state index in [1.807, 2.05) is 24.3 Å². The number of aromatic nitrogens is 4. The molecule has 0 unspecified atom stereocenters. The van der Waals surface area contributed by atoms with Gasteiger partial charge >= 0.3 is 0 Å². The summed E-state index contributed by atoms with van der Waals surface area (Å²) in [5, 5.41) is 11.6. The van der Waals surface area contributed by atoms with Crippen LogP contribution in [0.5, 0.6) is 11.5 Å². The molecule has 8 heteroatoms. The van der Waals surface area contributed by atoms with E-state index in [2.05, 4.69) is 36.4 Å². The minimum absolute atomic E-state index is 0.582. The number of hydrogen-bond donors (Lipinski definition) is 1. The number of fused-ring (bicyclic) bond motifs is 1. The second-order valence-corrected chi connectivity index (χ2v) is 6.46. The van der Waals surface area contributed by atoms with Crippen LogP contribution in [-0.4, -0.2) is 40.9 Å². The van der Waals surface area contributed by atoms with Crippen molar-refractivity contribution in [3.8, 4) is 11.5 Å². The summed E-state index contributed by atoms with van der Waals surface area (Å²) in [5.74, 6) is 2.77. The Hall–Kier alpha value is -3.42. The quantitative estimate of drug-likeness (QED) is 0.700. The second kappa shape index (κ2) is 8.08. The minimum atomic E-state index is 0.582. The minimum Gasteiger partial charge on any atom is -0.493 e. The van der Waals surface area contributed by atoms with E-state index in [0.29, 0.717) is 24.9 Å². The molecule has 0 radical (unpaired) electrons. The Bertz CT molecular complexity index is 951. The molecule has 144 valence electrons. The molecule has 1 aliphatic heterocycles. The van der Waals surface area contributed by atoms with E-state index in [4.69, 9.17) is 9.47 Å². The third-order valence-corrected chi connectivity index (χ3v) is 4.73. The van der Waals surface area contributed by atoms with Gasteiger partial charge in [0.25, 0.3) is 0 Å². The van der Waals surface area contributed by atoms with Crippen molar-refractivity contribution in [2.45, 2.75) is 19.5 Å². The maximum atomic E-state index is 5.43. The van der Waals surface area contributed by atoms with Crippen molar-refractivity contribution in [3.63, 3.8) is 0 Å². The lowest BCUT2D eigenvalue weighted by Gasteiger charge is -2.29. The topological polar surface area (TPSA) is 85.3 Å². The predicted molar refractivity (Wildman–Crippen MR) is 106 cm³/mol. The van der Waals surface area contributed by atoms with Gasteiger partial charge in [0.2, 0.25) is 5.95 Å². The van der Waals surface area contributed by atoms with Crippen LogP contribution in [0.3, 0.4) is 0 Å². The molecule has 28 heavy (non-hydrogen) atoms. The van der Waals surface area contributed by atoms with Gasteiger partial charge in [-0.3, -0.25) is 4.98 Å². The number of pyridine rings is 1. The number of benzene rings is 1. The molecule has 8 nitrogen and oxygen atoms in total. The molecule has 4 rings (SSSR count). The van der Waals surface area contributed by atoms with E-state index in [1.165, 1.54) is 11.1 Å². The Balaban J connectivity index is 1.49. The highest BCUT2D eigenvalue weighted by molar-refractivity contribution is 5.51. The van der Waals surface area contributed by atoms with E-state index in [-0.39, 0.29) is 0 Å². The smallest absolute Gasteiger partial charge is 0.247 e. The summed E-state index contributed by atoms with van der Waals surface area (Å²) in [6, 6.07) is 9.90. The van der Waals surface area contributed by atoms with E-state index < -0.39 is 0 Å². The van der Waals surface area contributed by atoms with Crippen molar-refractivity contribution in [1.82, 2.24) is 20.2 Å². The van der Waals surface area contributed by atoms with Gasteiger partial charge in [0.15, 0.2) is 17.3 Å². The summed E-state index contributed by atoms with van der Waals surface area (Å²) in [4.78, 5) is 11.0. The first kappa shape index (κ1) is 18.0. The maximum Gasteiger partial charge on any atom is 0.247 e. The molecule has 1 aromatic carbocycles. The molecule has 0 saturated heterocycles. The Morgan fingerprint density at radius 1 is 1.11 bits per heavy atom. The Morgan fingerprint density at radius 3 is 2.68 bits per heavy atom. The molecule has 0 fully saturated rings. The van der Waals surface area contributed by atoms with E-state index in [0.717, 1.165) is 30.2 Å². The summed E-state index contributed by atoms with van der Waals surface area (Å²) < 4.78 is 10.8. The van der Waals surface area contributed by atoms with Crippen molar-refractivity contribution in [3.05, 3.63) is 59.5 Å². The fourth-order valence-electron chi connectivity index (χ4n) is 3.25. The molecule has 0 saturated carbocycles. The molecule has 1 aliphatic rings. The SMILES string of the molecule is COc1cc2c(cc1OC)CN(c1nncc(NCc3ccccn3)n1)CC2. The van der Waals surface area contributed by atoms with Crippen LogP contribution in [0.25, 0.3) is 0 Å². The molecule has 2 aromatic heterocycles. The van der Waals surface area contributed by atoms with Crippen LogP contribution in [0.15, 0.2) is 42.7 Å². The Kier molecular flexibility index (Phi) is 5.18. The third-order valence-electron chi connectivity index (χ3n) is 4.73. The molecule has 0 bridgehead atoms. The maximum absolute atomic E-state index is 5.43. The first-order valence-electron chi connectivity index (χ1n) is 9.09. The van der Waals surface area contributed by atoms with Gasteiger partial charge < -0.3 is 19.7 Å². The van der Waals surface area contributed by atoms with Gasteiger partial charge in [-0.2, -0.15) is 10.1 Å². The van der Waals surface area contributed by atoms with Gasteiger partial charge in [-0.25, -0.2) is 0 Å². The molecule has 0 atom stereocenters. The van der Waals surface area contributed by atoms with Gasteiger partial charge in [0.1, 0.15) is 0 Å². The van der Waals surface area contributed by atoms with Crippen molar-refractivity contribution in [2.75, 3.05) is 31.0 Å². The Morgan fingerprint density at radius 2 is 1.93 bits per heavy atom. The summed E-state index contributed by atoms with van der Waals surface area (Å²) in [5.41, 5.74) is 3.38. The molecular formula is C20H22N6O2. The number of ether oxygens (including phenoxy) is 2.